The summed E-state index contributed by atoms with van der Waals surface area (Å²) in [5.74, 6) is -0.224. The predicted molar refractivity (Wildman–Crippen MR) is 107 cm³/mol. The molecule has 0 bridgehead atoms. The van der Waals surface area contributed by atoms with Gasteiger partial charge in [0.2, 0.25) is 5.91 Å². The molecule has 0 unspecified atom stereocenters. The van der Waals surface area contributed by atoms with E-state index >= 15 is 0 Å². The number of hydrogen-bond acceptors (Lipinski definition) is 7. The lowest BCUT2D eigenvalue weighted by Crippen LogP contribution is -2.65. The minimum Gasteiger partial charge on any atom is -0.388 e. The summed E-state index contributed by atoms with van der Waals surface area (Å²) in [7, 11) is 1.89. The van der Waals surface area contributed by atoms with Gasteiger partial charge in [0.05, 0.1) is 11.4 Å². The van der Waals surface area contributed by atoms with Crippen LogP contribution in [0.2, 0.25) is 0 Å². The van der Waals surface area contributed by atoms with Crippen LogP contribution in [-0.4, -0.2) is 93.3 Å². The third kappa shape index (κ3) is 5.18. The summed E-state index contributed by atoms with van der Waals surface area (Å²) in [6.45, 7) is 4.54. The molecule has 156 valence electrons. The van der Waals surface area contributed by atoms with Crippen molar-refractivity contribution in [1.29, 1.82) is 0 Å². The van der Waals surface area contributed by atoms with Gasteiger partial charge in [0.1, 0.15) is 35.9 Å². The van der Waals surface area contributed by atoms with E-state index < -0.39 is 47.3 Å². The maximum atomic E-state index is 12.9. The Morgan fingerprint density at radius 2 is 2.07 bits per heavy atom. The van der Waals surface area contributed by atoms with Gasteiger partial charge in [-0.1, -0.05) is 25.0 Å². The second kappa shape index (κ2) is 9.91. The first kappa shape index (κ1) is 22.9. The Morgan fingerprint density at radius 1 is 1.41 bits per heavy atom. The summed E-state index contributed by atoms with van der Waals surface area (Å²) >= 11 is 7.52. The molecule has 1 saturated heterocycles. The summed E-state index contributed by atoms with van der Waals surface area (Å²) in [6, 6.07) is -1.12. The molecule has 1 fully saturated rings. The molecule has 8 atom stereocenters. The Balaban J connectivity index is 2.14. The van der Waals surface area contributed by atoms with Crippen molar-refractivity contribution in [2.24, 2.45) is 0 Å². The first-order valence-corrected chi connectivity index (χ1v) is 11.0. The quantitative estimate of drug-likeness (QED) is 0.346. The molecule has 0 spiro atoms. The zero-order valence-electron chi connectivity index (χ0n) is 16.2. The van der Waals surface area contributed by atoms with E-state index in [0.29, 0.717) is 0 Å². The monoisotopic (exact) mass is 422 g/mol. The van der Waals surface area contributed by atoms with Gasteiger partial charge in [0.15, 0.2) is 0 Å². The van der Waals surface area contributed by atoms with Gasteiger partial charge in [0.25, 0.3) is 0 Å². The average Bonchev–Trinajstić information content (AvgIpc) is 2.99. The SMILES string of the molecule is CCCC1=C[C@@H](C(=O)N[C@@H]([C@H]2O[C@H](SC)[C@@H](O)[C@H](O)[C@H]2O)[C@@H](C)Cl)N(C)C1. The molecule has 2 rings (SSSR count). The largest absolute Gasteiger partial charge is 0.388 e. The standard InChI is InChI=1S/C18H31ClN2O5S/c1-5-6-10-7-11(21(3)8-10)17(25)20-12(9(2)19)16-14(23)13(22)15(24)18(26-16)27-4/h7,9,11-16,18,22-24H,5-6,8H2,1-4H3,(H,20,25)/t9-,11+,12-,13-,14-,15+,16-,18-/m1/s1. The van der Waals surface area contributed by atoms with Gasteiger partial charge in [0, 0.05) is 6.54 Å². The first-order chi connectivity index (χ1) is 12.7. The number of nitrogens with zero attached hydrogens (tertiary/aromatic N) is 1. The molecule has 2 aliphatic rings. The van der Waals surface area contributed by atoms with Crippen LogP contribution in [0.25, 0.3) is 0 Å². The molecule has 27 heavy (non-hydrogen) atoms. The summed E-state index contributed by atoms with van der Waals surface area (Å²) in [5.41, 5.74) is 0.513. The molecule has 2 aliphatic heterocycles. The van der Waals surface area contributed by atoms with E-state index in [1.165, 1.54) is 17.3 Å². The van der Waals surface area contributed by atoms with E-state index in [2.05, 4.69) is 12.2 Å². The highest BCUT2D eigenvalue weighted by Gasteiger charge is 2.48. The Morgan fingerprint density at radius 3 is 2.63 bits per heavy atom. The molecule has 1 amide bonds. The van der Waals surface area contributed by atoms with Crippen LogP contribution in [0.15, 0.2) is 11.6 Å². The van der Waals surface area contributed by atoms with Gasteiger partial charge in [-0.25, -0.2) is 0 Å². The van der Waals surface area contributed by atoms with Crippen LogP contribution in [0.3, 0.4) is 0 Å². The van der Waals surface area contributed by atoms with Gasteiger partial charge < -0.3 is 25.4 Å². The van der Waals surface area contributed by atoms with Crippen molar-refractivity contribution in [3.8, 4) is 0 Å². The zero-order valence-corrected chi connectivity index (χ0v) is 17.8. The number of rotatable bonds is 7. The molecular weight excluding hydrogens is 392 g/mol. The molecule has 0 aromatic rings. The topological polar surface area (TPSA) is 102 Å². The van der Waals surface area contributed by atoms with Crippen molar-refractivity contribution >= 4 is 29.3 Å². The zero-order chi connectivity index (χ0) is 20.3. The Labute approximate surface area is 170 Å². The average molecular weight is 423 g/mol. The number of alkyl halides is 1. The lowest BCUT2D eigenvalue weighted by molar-refractivity contribution is -0.205. The number of nitrogens with one attached hydrogen (secondary N) is 1. The highest BCUT2D eigenvalue weighted by molar-refractivity contribution is 7.99. The van der Waals surface area contributed by atoms with Crippen LogP contribution < -0.4 is 5.32 Å². The lowest BCUT2D eigenvalue weighted by Gasteiger charge is -2.44. The van der Waals surface area contributed by atoms with Crippen LogP contribution in [0.4, 0.5) is 0 Å². The maximum absolute atomic E-state index is 12.9. The number of carbonyl (C=O) groups excluding carboxylic acids is 1. The van der Waals surface area contributed by atoms with Crippen LogP contribution in [0.5, 0.6) is 0 Å². The highest BCUT2D eigenvalue weighted by Crippen LogP contribution is 2.30. The van der Waals surface area contributed by atoms with E-state index in [4.69, 9.17) is 16.3 Å². The van der Waals surface area contributed by atoms with Gasteiger partial charge in [-0.05, 0) is 26.6 Å². The fraction of sp³-hybridized carbons (Fsp3) is 0.833. The van der Waals surface area contributed by atoms with Crippen LogP contribution in [0, 0.1) is 0 Å². The lowest BCUT2D eigenvalue weighted by atomic mass is 9.93. The molecule has 0 aromatic heterocycles. The van der Waals surface area contributed by atoms with Gasteiger partial charge in [-0.15, -0.1) is 23.4 Å². The third-order valence-corrected chi connectivity index (χ3v) is 6.28. The van der Waals surface area contributed by atoms with Crippen LogP contribution in [-0.2, 0) is 9.53 Å². The fourth-order valence-electron chi connectivity index (χ4n) is 3.65. The van der Waals surface area contributed by atoms with Crippen LogP contribution in [0.1, 0.15) is 26.7 Å². The Bertz CT molecular complexity index is 548. The second-order valence-electron chi connectivity index (χ2n) is 7.32. The number of thioether (sulfide) groups is 1. The Hall–Kier alpha value is -0.350. The number of carbonyl (C=O) groups is 1. The van der Waals surface area contributed by atoms with E-state index in [-0.39, 0.29) is 5.91 Å². The minimum atomic E-state index is -1.37. The number of hydrogen-bond donors (Lipinski definition) is 4. The van der Waals surface area contributed by atoms with E-state index in [1.54, 1.807) is 13.2 Å². The molecule has 0 radical (unpaired) electrons. The second-order valence-corrected chi connectivity index (χ2v) is 8.95. The summed E-state index contributed by atoms with van der Waals surface area (Å²) < 4.78 is 5.78. The summed E-state index contributed by atoms with van der Waals surface area (Å²) in [6.07, 6.45) is 0.804. The normalized spacial score (nSPS) is 37.0. The predicted octanol–water partition coefficient (Wildman–Crippen LogP) is 0.310. The highest BCUT2D eigenvalue weighted by atomic mass is 35.5. The van der Waals surface area contributed by atoms with Crippen molar-refractivity contribution in [2.75, 3.05) is 19.8 Å². The molecule has 0 saturated carbocycles. The Kier molecular flexibility index (Phi) is 8.42. The van der Waals surface area contributed by atoms with Gasteiger partial charge in [-0.2, -0.15) is 0 Å². The molecule has 0 aromatic carbocycles. The molecule has 4 N–H and O–H groups in total. The van der Waals surface area contributed by atoms with Crippen molar-refractivity contribution in [1.82, 2.24) is 10.2 Å². The van der Waals surface area contributed by atoms with Crippen molar-refractivity contribution in [2.45, 2.75) is 74.0 Å². The number of likely N-dealkylation sites (N-methyl/N-ethyl adjacent to an activating group) is 1. The number of halogens is 1. The third-order valence-electron chi connectivity index (χ3n) is 5.16. The van der Waals surface area contributed by atoms with Gasteiger partial charge in [-0.3, -0.25) is 9.69 Å². The number of ether oxygens (including phenoxy) is 1. The molecule has 9 heteroatoms. The summed E-state index contributed by atoms with van der Waals surface area (Å²) in [5, 5.41) is 32.9. The number of amides is 1. The van der Waals surface area contributed by atoms with Crippen molar-refractivity contribution in [3.63, 3.8) is 0 Å². The van der Waals surface area contributed by atoms with Crippen molar-refractivity contribution in [3.05, 3.63) is 11.6 Å². The molecular formula is C18H31ClN2O5S. The molecule has 0 aliphatic carbocycles. The van der Waals surface area contributed by atoms with Crippen molar-refractivity contribution < 1.29 is 24.9 Å². The molecule has 7 nitrogen and oxygen atoms in total. The van der Waals surface area contributed by atoms with E-state index in [0.717, 1.165) is 19.4 Å². The molecule has 2 heterocycles. The minimum absolute atomic E-state index is 0.224. The van der Waals surface area contributed by atoms with Crippen LogP contribution >= 0.6 is 23.4 Å². The maximum Gasteiger partial charge on any atom is 0.241 e. The summed E-state index contributed by atoms with van der Waals surface area (Å²) in [4.78, 5) is 14.8. The number of aliphatic hydroxyl groups is 3. The van der Waals surface area contributed by atoms with E-state index in [9.17, 15) is 20.1 Å². The van der Waals surface area contributed by atoms with Gasteiger partial charge >= 0.3 is 0 Å². The first-order valence-electron chi connectivity index (χ1n) is 9.27. The fourth-order valence-corrected chi connectivity index (χ4v) is 4.54. The smallest absolute Gasteiger partial charge is 0.241 e. The van der Waals surface area contributed by atoms with E-state index in [1.807, 2.05) is 18.0 Å². The number of aliphatic hydroxyl groups excluding tert-OH is 3.